The van der Waals surface area contributed by atoms with Gasteiger partial charge in [-0.05, 0) is 62.1 Å². The van der Waals surface area contributed by atoms with Crippen molar-refractivity contribution in [3.05, 3.63) is 108 Å². The van der Waals surface area contributed by atoms with E-state index in [9.17, 15) is 35.1 Å². The van der Waals surface area contributed by atoms with Crippen molar-refractivity contribution in [2.24, 2.45) is 14.1 Å². The van der Waals surface area contributed by atoms with Crippen LogP contribution in [0, 0.1) is 11.6 Å². The number of rotatable bonds is 6. The Kier molecular flexibility index (Phi) is 11.0. The lowest BCUT2D eigenvalue weighted by Gasteiger charge is -2.32. The molecule has 0 amide bonds. The Hall–Kier alpha value is -7.00. The highest BCUT2D eigenvalue weighted by molar-refractivity contribution is 5.87. The first-order valence-electron chi connectivity index (χ1n) is 20.2. The molecule has 0 aliphatic carbocycles. The topological polar surface area (TPSA) is 151 Å². The first-order chi connectivity index (χ1) is 30.6. The van der Waals surface area contributed by atoms with Crippen molar-refractivity contribution in [1.29, 1.82) is 0 Å². The molecule has 2 fully saturated rings. The number of halogens is 8. The van der Waals surface area contributed by atoms with Crippen LogP contribution >= 0.6 is 0 Å². The summed E-state index contributed by atoms with van der Waals surface area (Å²) in [5.41, 5.74) is 0.0593. The minimum absolute atomic E-state index is 0.147. The van der Waals surface area contributed by atoms with Crippen molar-refractivity contribution in [2.45, 2.75) is 49.9 Å². The second-order valence-electron chi connectivity index (χ2n) is 15.8. The molecule has 0 unspecified atom stereocenters. The molecule has 64 heavy (non-hydrogen) atoms. The van der Waals surface area contributed by atoms with Crippen LogP contribution < -0.4 is 9.80 Å². The minimum atomic E-state index is -4.76. The molecule has 14 nitrogen and oxygen atoms in total. The summed E-state index contributed by atoms with van der Waals surface area (Å²) in [5.74, 6) is 0.968. The Morgan fingerprint density at radius 3 is 1.33 bits per heavy atom. The number of hydrogen-bond acceptors (Lipinski definition) is 10. The second-order valence-corrected chi connectivity index (χ2v) is 15.8. The second kappa shape index (κ2) is 16.6. The summed E-state index contributed by atoms with van der Waals surface area (Å²) < 4.78 is 109. The van der Waals surface area contributed by atoms with Gasteiger partial charge in [0.1, 0.15) is 47.6 Å². The molecule has 2 saturated heterocycles. The van der Waals surface area contributed by atoms with Crippen LogP contribution in [0.1, 0.15) is 60.3 Å². The van der Waals surface area contributed by atoms with Gasteiger partial charge in [0.2, 0.25) is 0 Å². The lowest BCUT2D eigenvalue weighted by molar-refractivity contribution is -0.140. The molecule has 0 bridgehead atoms. The van der Waals surface area contributed by atoms with Crippen molar-refractivity contribution in [1.82, 2.24) is 59.4 Å². The number of alkyl halides is 6. The van der Waals surface area contributed by atoms with Gasteiger partial charge in [-0.25, -0.2) is 38.7 Å². The number of fused-ring (bicyclic) bond motifs is 2. The summed E-state index contributed by atoms with van der Waals surface area (Å²) in [6.45, 7) is 3.00. The van der Waals surface area contributed by atoms with Gasteiger partial charge < -0.3 is 18.9 Å². The van der Waals surface area contributed by atoms with E-state index in [4.69, 9.17) is 0 Å². The van der Waals surface area contributed by atoms with E-state index < -0.39 is 35.1 Å². The summed E-state index contributed by atoms with van der Waals surface area (Å²) in [4.78, 5) is 30.7. The van der Waals surface area contributed by atoms with E-state index >= 15 is 0 Å². The number of benzene rings is 2. The molecule has 10 rings (SSSR count). The third-order valence-corrected chi connectivity index (χ3v) is 11.7. The number of aryl methyl sites for hydroxylation is 2. The maximum atomic E-state index is 13.6. The Morgan fingerprint density at radius 2 is 0.953 bits per heavy atom. The molecule has 0 radical (unpaired) electrons. The standard InChI is InChI=1S/2C21H19F4N7/c2*1-31-10-17(13-2-3-16(22)15(8-13)21(23,24)25)29-19(31)12-4-6-32(7-5-12)20-14-9-28-30-18(14)26-11-27-20/h2*2-3,8-12H,4-7H2,1H3,(H,26,27,28,30). The maximum absolute atomic E-state index is 13.6. The van der Waals surface area contributed by atoms with Crippen molar-refractivity contribution in [3.63, 3.8) is 0 Å². The highest BCUT2D eigenvalue weighted by Gasteiger charge is 2.36. The zero-order valence-electron chi connectivity index (χ0n) is 34.1. The van der Waals surface area contributed by atoms with Gasteiger partial charge >= 0.3 is 12.4 Å². The Bertz CT molecular complexity index is 2740. The van der Waals surface area contributed by atoms with Crippen molar-refractivity contribution in [2.75, 3.05) is 36.0 Å². The van der Waals surface area contributed by atoms with Crippen LogP contribution in [0.3, 0.4) is 0 Å². The van der Waals surface area contributed by atoms with Crippen LogP contribution in [-0.2, 0) is 26.4 Å². The van der Waals surface area contributed by atoms with Crippen LogP contribution in [0.2, 0.25) is 0 Å². The first kappa shape index (κ1) is 42.3. The molecular formula is C42H38F8N14. The number of aromatic amines is 2. The van der Waals surface area contributed by atoms with E-state index in [-0.39, 0.29) is 23.0 Å². The molecule has 2 aliphatic rings. The number of hydrogen-bond donors (Lipinski definition) is 2. The summed E-state index contributed by atoms with van der Waals surface area (Å²) >= 11 is 0. The molecule has 332 valence electrons. The number of aromatic nitrogens is 12. The van der Waals surface area contributed by atoms with Crippen LogP contribution in [0.25, 0.3) is 44.6 Å². The molecule has 22 heteroatoms. The zero-order valence-corrected chi connectivity index (χ0v) is 34.1. The fourth-order valence-electron chi connectivity index (χ4n) is 8.51. The van der Waals surface area contributed by atoms with E-state index in [1.165, 1.54) is 24.8 Å². The van der Waals surface area contributed by atoms with E-state index in [2.05, 4.69) is 60.1 Å². The normalized spacial score (nSPS) is 15.6. The number of piperidine rings is 2. The predicted molar refractivity (Wildman–Crippen MR) is 219 cm³/mol. The van der Waals surface area contributed by atoms with E-state index in [1.807, 2.05) is 23.2 Å². The molecule has 6 aromatic heterocycles. The Morgan fingerprint density at radius 1 is 0.562 bits per heavy atom. The molecule has 0 saturated carbocycles. The van der Waals surface area contributed by atoms with Gasteiger partial charge in [-0.2, -0.15) is 36.5 Å². The lowest BCUT2D eigenvalue weighted by atomic mass is 9.96. The van der Waals surface area contributed by atoms with E-state index in [0.717, 1.165) is 110 Å². The largest absolute Gasteiger partial charge is 0.419 e. The highest BCUT2D eigenvalue weighted by atomic mass is 19.4. The van der Waals surface area contributed by atoms with Crippen LogP contribution in [0.5, 0.6) is 0 Å². The highest BCUT2D eigenvalue weighted by Crippen LogP contribution is 2.38. The monoisotopic (exact) mass is 890 g/mol. The molecule has 2 N–H and O–H groups in total. The molecule has 8 heterocycles. The summed E-state index contributed by atoms with van der Waals surface area (Å²) in [7, 11) is 3.65. The van der Waals surface area contributed by atoms with Gasteiger partial charge in [-0.15, -0.1) is 0 Å². The third-order valence-electron chi connectivity index (χ3n) is 11.7. The Balaban J connectivity index is 0.000000162. The molecule has 0 spiro atoms. The molecule has 2 aliphatic heterocycles. The van der Waals surface area contributed by atoms with E-state index in [1.54, 1.807) is 24.8 Å². The zero-order chi connectivity index (χ0) is 44.9. The average Bonchev–Trinajstić information content (AvgIpc) is 4.10. The van der Waals surface area contributed by atoms with Crippen LogP contribution in [0.4, 0.5) is 46.8 Å². The average molecular weight is 891 g/mol. The van der Waals surface area contributed by atoms with Gasteiger partial charge in [0, 0.05) is 75.6 Å². The third kappa shape index (κ3) is 8.30. The number of anilines is 2. The SMILES string of the molecule is Cn1cc(-c2ccc(F)c(C(F)(F)F)c2)nc1C1CCN(c2ncnc3[nH]ncc23)CC1.Cn1cc(-c2ccc(F)c(C(F)(F)F)c2)nc1C1CCN(c2ncnc3[nH]ncc23)CC1. The smallest absolute Gasteiger partial charge is 0.356 e. The summed E-state index contributed by atoms with van der Waals surface area (Å²) in [6, 6.07) is 5.95. The molecule has 0 atom stereocenters. The van der Waals surface area contributed by atoms with Crippen molar-refractivity contribution >= 4 is 33.7 Å². The minimum Gasteiger partial charge on any atom is -0.356 e. The number of imidazole rings is 2. The fraction of sp³-hybridized carbons (Fsp3) is 0.333. The Labute approximate surface area is 358 Å². The van der Waals surface area contributed by atoms with Gasteiger partial charge in [0.25, 0.3) is 0 Å². The molecule has 8 aromatic rings. The number of nitrogens with one attached hydrogen (secondary N) is 2. The lowest BCUT2D eigenvalue weighted by Crippen LogP contribution is -2.34. The summed E-state index contributed by atoms with van der Waals surface area (Å²) in [6.07, 6.45) is 3.53. The quantitative estimate of drug-likeness (QED) is 0.155. The van der Waals surface area contributed by atoms with Crippen molar-refractivity contribution < 1.29 is 35.1 Å². The van der Waals surface area contributed by atoms with Gasteiger partial charge in [0.05, 0.1) is 45.7 Å². The first-order valence-corrected chi connectivity index (χ1v) is 20.2. The van der Waals surface area contributed by atoms with Gasteiger partial charge in [-0.3, -0.25) is 10.2 Å². The fourth-order valence-corrected chi connectivity index (χ4v) is 8.51. The van der Waals surface area contributed by atoms with Crippen LogP contribution in [-0.4, -0.2) is 85.6 Å². The number of nitrogens with zero attached hydrogens (tertiary/aromatic N) is 12. The van der Waals surface area contributed by atoms with Gasteiger partial charge in [-0.1, -0.05) is 0 Å². The molecule has 2 aromatic carbocycles. The summed E-state index contributed by atoms with van der Waals surface area (Å²) in [5, 5.41) is 15.5. The van der Waals surface area contributed by atoms with Crippen LogP contribution in [0.15, 0.2) is 73.8 Å². The maximum Gasteiger partial charge on any atom is 0.419 e. The van der Waals surface area contributed by atoms with Crippen molar-refractivity contribution in [3.8, 4) is 22.5 Å². The predicted octanol–water partition coefficient (Wildman–Crippen LogP) is 8.59. The molecular weight excluding hydrogens is 853 g/mol. The van der Waals surface area contributed by atoms with E-state index in [0.29, 0.717) is 22.7 Å². The van der Waals surface area contributed by atoms with Gasteiger partial charge in [0.15, 0.2) is 11.3 Å². The number of H-pyrrole nitrogens is 2.